The predicted molar refractivity (Wildman–Crippen MR) is 122 cm³/mol. The monoisotopic (exact) mass is 506 g/mol. The summed E-state index contributed by atoms with van der Waals surface area (Å²) < 4.78 is 15.4. The minimum absolute atomic E-state index is 0.0381. The second-order valence-corrected chi connectivity index (χ2v) is 7.98. The molecule has 2 aliphatic heterocycles. The van der Waals surface area contributed by atoms with E-state index in [1.165, 1.54) is 6.07 Å². The predicted octanol–water partition coefficient (Wildman–Crippen LogP) is 1.27. The van der Waals surface area contributed by atoms with E-state index in [0.29, 0.717) is 19.1 Å². The van der Waals surface area contributed by atoms with E-state index in [2.05, 4.69) is 11.8 Å². The number of anilines is 1. The highest BCUT2D eigenvalue weighted by molar-refractivity contribution is 6.34. The lowest BCUT2D eigenvalue weighted by Gasteiger charge is -2.34. The molecule has 1 aromatic rings. The van der Waals surface area contributed by atoms with Gasteiger partial charge in [0.1, 0.15) is 18.8 Å². The standard InChI is InChI=1S/C10H21NO2.C9H8ClNO4.C2H2O4/c1-9-4-6-11(8-10(9)12)5-3-7-13-2;10-5-3-4(9(12)13)7-8(6(5)11)15-2-1-14-7;3-1(4)2(5)6/h9-10,12H,3-8H2,1-2H3;3H,1-2,11H2,(H,12,13);(H,3,4)(H,5,6). The van der Waals surface area contributed by atoms with Crippen LogP contribution in [0.25, 0.3) is 0 Å². The number of carboxylic acids is 3. The molecule has 1 fully saturated rings. The molecule has 0 amide bonds. The molecule has 2 unspecified atom stereocenters. The number of carboxylic acid groups (broad SMARTS) is 3. The maximum absolute atomic E-state index is 10.9. The number of aliphatic hydroxyl groups is 1. The van der Waals surface area contributed by atoms with Crippen LogP contribution < -0.4 is 15.2 Å². The number of carbonyl (C=O) groups is 3. The molecule has 2 atom stereocenters. The van der Waals surface area contributed by atoms with E-state index in [4.69, 9.17) is 56.5 Å². The Labute approximate surface area is 201 Å². The van der Waals surface area contributed by atoms with Gasteiger partial charge in [0.15, 0.2) is 11.5 Å². The number of nitrogens with two attached hydrogens (primary N) is 1. The number of aromatic carboxylic acids is 1. The Morgan fingerprint density at radius 3 is 2.26 bits per heavy atom. The van der Waals surface area contributed by atoms with Crippen molar-refractivity contribution in [2.24, 2.45) is 5.92 Å². The molecular formula is C21H31ClN2O10. The fraction of sp³-hybridized carbons (Fsp3) is 0.571. The van der Waals surface area contributed by atoms with Crippen LogP contribution in [0.2, 0.25) is 5.02 Å². The molecule has 6 N–H and O–H groups in total. The lowest BCUT2D eigenvalue weighted by Crippen LogP contribution is -2.43. The molecule has 0 radical (unpaired) electrons. The summed E-state index contributed by atoms with van der Waals surface area (Å²) in [4.78, 5) is 31.4. The molecule has 0 aliphatic carbocycles. The van der Waals surface area contributed by atoms with Gasteiger partial charge in [0, 0.05) is 26.8 Å². The van der Waals surface area contributed by atoms with E-state index in [-0.39, 0.29) is 33.9 Å². The number of piperidine rings is 1. The smallest absolute Gasteiger partial charge is 0.414 e. The van der Waals surface area contributed by atoms with Crippen molar-refractivity contribution in [3.63, 3.8) is 0 Å². The highest BCUT2D eigenvalue weighted by atomic mass is 35.5. The molecule has 34 heavy (non-hydrogen) atoms. The van der Waals surface area contributed by atoms with Crippen molar-refractivity contribution < 1.29 is 49.0 Å². The first-order chi connectivity index (χ1) is 16.0. The van der Waals surface area contributed by atoms with Crippen molar-refractivity contribution in [2.75, 3.05) is 52.3 Å². The number of halogens is 1. The average molecular weight is 507 g/mol. The first-order valence-electron chi connectivity index (χ1n) is 10.5. The summed E-state index contributed by atoms with van der Waals surface area (Å²) in [5, 5.41) is 33.5. The number of ether oxygens (including phenoxy) is 3. The Bertz CT molecular complexity index is 839. The van der Waals surface area contributed by atoms with Gasteiger partial charge in [-0.3, -0.25) is 0 Å². The van der Waals surface area contributed by atoms with Crippen LogP contribution in [0.5, 0.6) is 11.5 Å². The number of hydrogen-bond acceptors (Lipinski definition) is 9. The number of β-amino-alcohol motifs (C(OH)–C–C–N with tert-alkyl or cyclic N) is 1. The summed E-state index contributed by atoms with van der Waals surface area (Å²) in [5.41, 5.74) is 5.81. The van der Waals surface area contributed by atoms with Crippen LogP contribution in [0.1, 0.15) is 30.1 Å². The van der Waals surface area contributed by atoms with Crippen LogP contribution in [-0.2, 0) is 14.3 Å². The summed E-state index contributed by atoms with van der Waals surface area (Å²) in [6.45, 7) is 6.59. The van der Waals surface area contributed by atoms with Crippen molar-refractivity contribution >= 4 is 35.2 Å². The Morgan fingerprint density at radius 2 is 1.76 bits per heavy atom. The lowest BCUT2D eigenvalue weighted by atomic mass is 9.96. The van der Waals surface area contributed by atoms with Crippen molar-refractivity contribution in [1.82, 2.24) is 4.90 Å². The molecule has 13 heteroatoms. The number of hydrogen-bond donors (Lipinski definition) is 5. The zero-order valence-electron chi connectivity index (χ0n) is 19.0. The Morgan fingerprint density at radius 1 is 1.18 bits per heavy atom. The zero-order valence-corrected chi connectivity index (χ0v) is 19.8. The van der Waals surface area contributed by atoms with E-state index >= 15 is 0 Å². The fourth-order valence-corrected chi connectivity index (χ4v) is 3.30. The van der Waals surface area contributed by atoms with Crippen LogP contribution in [0, 0.1) is 5.92 Å². The molecule has 1 aromatic carbocycles. The van der Waals surface area contributed by atoms with E-state index in [9.17, 15) is 9.90 Å². The lowest BCUT2D eigenvalue weighted by molar-refractivity contribution is -0.159. The van der Waals surface area contributed by atoms with E-state index in [0.717, 1.165) is 39.1 Å². The summed E-state index contributed by atoms with van der Waals surface area (Å²) >= 11 is 5.77. The van der Waals surface area contributed by atoms with Gasteiger partial charge in [0.25, 0.3) is 0 Å². The number of aliphatic carboxylic acids is 2. The van der Waals surface area contributed by atoms with E-state index in [1.54, 1.807) is 7.11 Å². The Hall–Kier alpha value is -2.80. The quantitative estimate of drug-likeness (QED) is 0.219. The molecule has 0 bridgehead atoms. The van der Waals surface area contributed by atoms with Gasteiger partial charge in [0.2, 0.25) is 0 Å². The van der Waals surface area contributed by atoms with Gasteiger partial charge in [0.05, 0.1) is 16.8 Å². The second-order valence-electron chi connectivity index (χ2n) is 7.57. The van der Waals surface area contributed by atoms with E-state index < -0.39 is 17.9 Å². The molecule has 1 saturated heterocycles. The van der Waals surface area contributed by atoms with Gasteiger partial charge in [-0.15, -0.1) is 0 Å². The number of rotatable bonds is 5. The molecule has 3 rings (SSSR count). The second kappa shape index (κ2) is 14.5. The van der Waals surface area contributed by atoms with Gasteiger partial charge >= 0.3 is 17.9 Å². The summed E-state index contributed by atoms with van der Waals surface area (Å²) in [5.74, 6) is -3.94. The topological polar surface area (TPSA) is 189 Å². The molecule has 2 heterocycles. The fourth-order valence-electron chi connectivity index (χ4n) is 3.11. The van der Waals surface area contributed by atoms with Crippen LogP contribution in [0.3, 0.4) is 0 Å². The number of methoxy groups -OCH3 is 1. The Kier molecular flexibility index (Phi) is 12.4. The number of likely N-dealkylation sites (tertiary alicyclic amines) is 1. The minimum atomic E-state index is -1.82. The van der Waals surface area contributed by atoms with Crippen molar-refractivity contribution in [1.29, 1.82) is 0 Å². The molecular weight excluding hydrogens is 476 g/mol. The number of benzene rings is 1. The largest absolute Gasteiger partial charge is 0.485 e. The minimum Gasteiger partial charge on any atom is -0.485 e. The van der Waals surface area contributed by atoms with Crippen molar-refractivity contribution in [3.8, 4) is 11.5 Å². The van der Waals surface area contributed by atoms with Crippen LogP contribution >= 0.6 is 11.6 Å². The first-order valence-corrected chi connectivity index (χ1v) is 10.8. The maximum Gasteiger partial charge on any atom is 0.414 e. The number of aliphatic hydroxyl groups excluding tert-OH is 1. The summed E-state index contributed by atoms with van der Waals surface area (Å²) in [7, 11) is 1.73. The number of nitrogens with zero attached hydrogens (tertiary/aromatic N) is 1. The number of fused-ring (bicyclic) bond motifs is 1. The molecule has 2 aliphatic rings. The Balaban J connectivity index is 0.000000279. The van der Waals surface area contributed by atoms with Gasteiger partial charge in [-0.25, -0.2) is 14.4 Å². The van der Waals surface area contributed by atoms with Gasteiger partial charge in [-0.1, -0.05) is 18.5 Å². The highest BCUT2D eigenvalue weighted by Gasteiger charge is 2.25. The average Bonchev–Trinajstić information content (AvgIpc) is 2.79. The van der Waals surface area contributed by atoms with E-state index in [1.807, 2.05) is 0 Å². The SMILES string of the molecule is COCCCN1CCC(C)C(O)C1.Nc1c(Cl)cc(C(=O)O)c2c1OCCO2.O=C(O)C(=O)O. The molecule has 0 saturated carbocycles. The third-order valence-corrected chi connectivity index (χ3v) is 5.35. The van der Waals surface area contributed by atoms with Gasteiger partial charge in [-0.2, -0.15) is 0 Å². The maximum atomic E-state index is 10.9. The number of nitrogen functional groups attached to an aromatic ring is 1. The summed E-state index contributed by atoms with van der Waals surface area (Å²) in [6, 6.07) is 1.26. The molecule has 0 aromatic heterocycles. The molecule has 0 spiro atoms. The third-order valence-electron chi connectivity index (χ3n) is 5.04. The molecule has 12 nitrogen and oxygen atoms in total. The third kappa shape index (κ3) is 9.21. The van der Waals surface area contributed by atoms with Crippen molar-refractivity contribution in [3.05, 3.63) is 16.7 Å². The highest BCUT2D eigenvalue weighted by Crippen LogP contribution is 2.43. The molecule has 192 valence electrons. The summed E-state index contributed by atoms with van der Waals surface area (Å²) in [6.07, 6.45) is 2.06. The van der Waals surface area contributed by atoms with Gasteiger partial charge < -0.3 is 45.3 Å². The normalized spacial score (nSPS) is 19.1. The first kappa shape index (κ1) is 29.2. The van der Waals surface area contributed by atoms with Crippen LogP contribution in [0.4, 0.5) is 5.69 Å². The van der Waals surface area contributed by atoms with Crippen LogP contribution in [-0.4, -0.2) is 95.9 Å². The van der Waals surface area contributed by atoms with Gasteiger partial charge in [-0.05, 0) is 31.4 Å². The van der Waals surface area contributed by atoms with Crippen LogP contribution in [0.15, 0.2) is 6.07 Å². The van der Waals surface area contributed by atoms with Crippen molar-refractivity contribution in [2.45, 2.75) is 25.9 Å². The zero-order chi connectivity index (χ0) is 25.8.